The number of aryl methyl sites for hydroxylation is 1. The normalized spacial score (nSPS) is 18.5. The van der Waals surface area contributed by atoms with E-state index in [1.165, 1.54) is 37.7 Å². The van der Waals surface area contributed by atoms with E-state index < -0.39 is 0 Å². The maximum absolute atomic E-state index is 5.71. The molecule has 0 amide bonds. The van der Waals surface area contributed by atoms with Crippen molar-refractivity contribution >= 4 is 15.9 Å². The van der Waals surface area contributed by atoms with Crippen LogP contribution in [-0.4, -0.2) is 17.1 Å². The van der Waals surface area contributed by atoms with Gasteiger partial charge in [0.2, 0.25) is 0 Å². The van der Waals surface area contributed by atoms with Gasteiger partial charge >= 0.3 is 0 Å². The van der Waals surface area contributed by atoms with Crippen LogP contribution in [0.25, 0.3) is 0 Å². The Hall–Kier alpha value is -0.480. The Morgan fingerprint density at radius 2 is 2.11 bits per heavy atom. The summed E-state index contributed by atoms with van der Waals surface area (Å²) in [7, 11) is 1.78. The summed E-state index contributed by atoms with van der Waals surface area (Å²) in [5.74, 6) is 1.45. The van der Waals surface area contributed by atoms with E-state index in [2.05, 4.69) is 27.8 Å². The third kappa shape index (κ3) is 3.54. The van der Waals surface area contributed by atoms with Gasteiger partial charge in [-0.1, -0.05) is 42.1 Å². The molecule has 1 fully saturated rings. The monoisotopic (exact) mass is 326 g/mol. The first kappa shape index (κ1) is 14.9. The second-order valence-corrected chi connectivity index (χ2v) is 5.80. The van der Waals surface area contributed by atoms with Gasteiger partial charge in [-0.25, -0.2) is 9.97 Å². The first-order valence-corrected chi connectivity index (χ1v) is 8.35. The van der Waals surface area contributed by atoms with Crippen LogP contribution in [0.5, 0.6) is 0 Å². The van der Waals surface area contributed by atoms with Gasteiger partial charge in [-0.3, -0.25) is 0 Å². The lowest BCUT2D eigenvalue weighted by molar-refractivity contribution is 0.0287. The number of methoxy groups -OCH3 is 1. The Kier molecular flexibility index (Phi) is 5.76. The van der Waals surface area contributed by atoms with Crippen molar-refractivity contribution in [2.45, 2.75) is 56.9 Å². The highest BCUT2D eigenvalue weighted by Gasteiger charge is 2.27. The third-order valence-corrected chi connectivity index (χ3v) is 4.64. The fraction of sp³-hybridized carbons (Fsp3) is 0.733. The number of hydrogen-bond acceptors (Lipinski definition) is 3. The minimum absolute atomic E-state index is 0.0648. The average molecular weight is 327 g/mol. The molecule has 0 radical (unpaired) electrons. The molecule has 1 saturated carbocycles. The largest absolute Gasteiger partial charge is 0.373 e. The molecule has 106 valence electrons. The second kappa shape index (κ2) is 7.34. The summed E-state index contributed by atoms with van der Waals surface area (Å²) >= 11 is 3.49. The molecule has 3 nitrogen and oxygen atoms in total. The maximum atomic E-state index is 5.71. The molecule has 1 unspecified atom stereocenters. The van der Waals surface area contributed by atoms with Gasteiger partial charge < -0.3 is 4.74 Å². The SMILES string of the molecule is CCc1nc(C(OC)C2CCCCC2)ncc1CBr. The van der Waals surface area contributed by atoms with E-state index in [-0.39, 0.29) is 6.10 Å². The Bertz CT molecular complexity index is 405. The maximum Gasteiger partial charge on any atom is 0.157 e. The molecule has 0 aliphatic heterocycles. The van der Waals surface area contributed by atoms with E-state index >= 15 is 0 Å². The van der Waals surface area contributed by atoms with Crippen molar-refractivity contribution in [2.75, 3.05) is 7.11 Å². The molecule has 0 saturated heterocycles. The molecule has 2 rings (SSSR count). The molecule has 0 spiro atoms. The van der Waals surface area contributed by atoms with Crippen LogP contribution in [0.4, 0.5) is 0 Å². The van der Waals surface area contributed by atoms with Gasteiger partial charge in [-0.15, -0.1) is 0 Å². The van der Waals surface area contributed by atoms with Gasteiger partial charge in [0, 0.05) is 29.9 Å². The average Bonchev–Trinajstić information content (AvgIpc) is 2.49. The summed E-state index contributed by atoms with van der Waals surface area (Å²) in [5.41, 5.74) is 2.32. The summed E-state index contributed by atoms with van der Waals surface area (Å²) in [4.78, 5) is 9.28. The predicted molar refractivity (Wildman–Crippen MR) is 80.4 cm³/mol. The zero-order valence-corrected chi connectivity index (χ0v) is 13.4. The van der Waals surface area contributed by atoms with Crippen molar-refractivity contribution in [2.24, 2.45) is 5.92 Å². The molecule has 4 heteroatoms. The van der Waals surface area contributed by atoms with Gasteiger partial charge in [-0.2, -0.15) is 0 Å². The van der Waals surface area contributed by atoms with Crippen LogP contribution in [-0.2, 0) is 16.5 Å². The molecule has 0 bridgehead atoms. The summed E-state index contributed by atoms with van der Waals surface area (Å²) in [6.07, 6.45) is 9.41. The van der Waals surface area contributed by atoms with Crippen molar-refractivity contribution in [3.8, 4) is 0 Å². The minimum Gasteiger partial charge on any atom is -0.373 e. The molecular weight excluding hydrogens is 304 g/mol. The van der Waals surface area contributed by atoms with E-state index in [1.807, 2.05) is 6.20 Å². The van der Waals surface area contributed by atoms with Crippen LogP contribution >= 0.6 is 15.9 Å². The molecule has 1 atom stereocenters. The molecule has 1 aliphatic rings. The zero-order valence-electron chi connectivity index (χ0n) is 11.9. The number of alkyl halides is 1. The number of nitrogens with zero attached hydrogens (tertiary/aromatic N) is 2. The summed E-state index contributed by atoms with van der Waals surface area (Å²) in [6.45, 7) is 2.14. The smallest absolute Gasteiger partial charge is 0.157 e. The molecule has 1 aromatic heterocycles. The van der Waals surface area contributed by atoms with Gasteiger partial charge in [0.1, 0.15) is 6.10 Å². The quantitative estimate of drug-likeness (QED) is 0.760. The minimum atomic E-state index is 0.0648. The van der Waals surface area contributed by atoms with Gasteiger partial charge in [-0.05, 0) is 25.2 Å². The molecular formula is C15H23BrN2O. The summed E-state index contributed by atoms with van der Waals surface area (Å²) in [5, 5.41) is 0.817. The van der Waals surface area contributed by atoms with Crippen LogP contribution < -0.4 is 0 Å². The first-order chi connectivity index (χ1) is 9.30. The molecule has 0 N–H and O–H groups in total. The number of rotatable bonds is 5. The highest BCUT2D eigenvalue weighted by Crippen LogP contribution is 2.35. The van der Waals surface area contributed by atoms with E-state index in [0.29, 0.717) is 5.92 Å². The van der Waals surface area contributed by atoms with Crippen LogP contribution in [0.3, 0.4) is 0 Å². The van der Waals surface area contributed by atoms with Gasteiger partial charge in [0.15, 0.2) is 5.82 Å². The first-order valence-electron chi connectivity index (χ1n) is 7.23. The number of halogens is 1. The van der Waals surface area contributed by atoms with E-state index in [1.54, 1.807) is 7.11 Å². The summed E-state index contributed by atoms with van der Waals surface area (Å²) in [6, 6.07) is 0. The predicted octanol–water partition coefficient (Wildman–Crippen LogP) is 4.20. The third-order valence-electron chi connectivity index (χ3n) is 4.04. The van der Waals surface area contributed by atoms with E-state index in [4.69, 9.17) is 9.72 Å². The van der Waals surface area contributed by atoms with Crippen molar-refractivity contribution in [3.63, 3.8) is 0 Å². The highest BCUT2D eigenvalue weighted by atomic mass is 79.9. The van der Waals surface area contributed by atoms with Crippen molar-refractivity contribution < 1.29 is 4.74 Å². The lowest BCUT2D eigenvalue weighted by atomic mass is 9.85. The fourth-order valence-electron chi connectivity index (χ4n) is 2.96. The van der Waals surface area contributed by atoms with E-state index in [9.17, 15) is 0 Å². The Morgan fingerprint density at radius 1 is 1.37 bits per heavy atom. The molecule has 1 aliphatic carbocycles. The topological polar surface area (TPSA) is 35.0 Å². The van der Waals surface area contributed by atoms with E-state index in [0.717, 1.165) is 23.3 Å². The lowest BCUT2D eigenvalue weighted by Gasteiger charge is -2.28. The van der Waals surface area contributed by atoms with Crippen LogP contribution in [0, 0.1) is 5.92 Å². The van der Waals surface area contributed by atoms with Crippen molar-refractivity contribution in [3.05, 3.63) is 23.3 Å². The molecule has 1 aromatic rings. The molecule has 19 heavy (non-hydrogen) atoms. The second-order valence-electron chi connectivity index (χ2n) is 5.24. The van der Waals surface area contributed by atoms with Gasteiger partial charge in [0.25, 0.3) is 0 Å². The van der Waals surface area contributed by atoms with Crippen molar-refractivity contribution in [1.29, 1.82) is 0 Å². The van der Waals surface area contributed by atoms with Gasteiger partial charge in [0.05, 0.1) is 0 Å². The van der Waals surface area contributed by atoms with Crippen LogP contribution in [0.15, 0.2) is 6.20 Å². The van der Waals surface area contributed by atoms with Crippen LogP contribution in [0.1, 0.15) is 62.2 Å². The standard InChI is InChI=1S/C15H23BrN2O/c1-3-13-12(9-16)10-17-15(18-13)14(19-2)11-7-5-4-6-8-11/h10-11,14H,3-9H2,1-2H3. The number of aromatic nitrogens is 2. The highest BCUT2D eigenvalue weighted by molar-refractivity contribution is 9.08. The zero-order chi connectivity index (χ0) is 13.7. The molecule has 1 heterocycles. The molecule has 0 aromatic carbocycles. The Labute approximate surface area is 124 Å². The Morgan fingerprint density at radius 3 is 2.68 bits per heavy atom. The van der Waals surface area contributed by atoms with Crippen LogP contribution in [0.2, 0.25) is 0 Å². The lowest BCUT2D eigenvalue weighted by Crippen LogP contribution is -2.21. The number of ether oxygens (including phenoxy) is 1. The Balaban J connectivity index is 2.22. The van der Waals surface area contributed by atoms with Crippen molar-refractivity contribution in [1.82, 2.24) is 9.97 Å². The summed E-state index contributed by atoms with van der Waals surface area (Å²) < 4.78 is 5.71. The fourth-order valence-corrected chi connectivity index (χ4v) is 3.43. The number of hydrogen-bond donors (Lipinski definition) is 0.